The van der Waals surface area contributed by atoms with Crippen LogP contribution in [0.5, 0.6) is 0 Å². The lowest BCUT2D eigenvalue weighted by Gasteiger charge is -2.16. The van der Waals surface area contributed by atoms with Gasteiger partial charge in [-0.2, -0.15) is 0 Å². The summed E-state index contributed by atoms with van der Waals surface area (Å²) in [7, 11) is 0. The molecule has 2 rings (SSSR count). The molecule has 1 amide bonds. The Kier molecular flexibility index (Phi) is 4.09. The van der Waals surface area contributed by atoms with Crippen molar-refractivity contribution in [3.8, 4) is 0 Å². The summed E-state index contributed by atoms with van der Waals surface area (Å²) in [5, 5.41) is 6.39. The fraction of sp³-hybridized carbons (Fsp3) is 0.538. The fourth-order valence-corrected chi connectivity index (χ4v) is 2.12. The van der Waals surface area contributed by atoms with Crippen LogP contribution >= 0.6 is 0 Å². The molecule has 0 radical (unpaired) electrons. The van der Waals surface area contributed by atoms with E-state index in [0.29, 0.717) is 5.69 Å². The summed E-state index contributed by atoms with van der Waals surface area (Å²) in [4.78, 5) is 16.2. The Labute approximate surface area is 102 Å². The van der Waals surface area contributed by atoms with Gasteiger partial charge in [-0.3, -0.25) is 9.78 Å². The van der Waals surface area contributed by atoms with Gasteiger partial charge < -0.3 is 10.6 Å². The topological polar surface area (TPSA) is 54.0 Å². The minimum atomic E-state index is -0.0585. The van der Waals surface area contributed by atoms with E-state index in [1.165, 1.54) is 12.8 Å². The maximum absolute atomic E-state index is 12.0. The zero-order valence-electron chi connectivity index (χ0n) is 10.2. The third-order valence-corrected chi connectivity index (χ3v) is 3.11. The highest BCUT2D eigenvalue weighted by Gasteiger charge is 2.17. The Bertz CT molecular complexity index is 384. The van der Waals surface area contributed by atoms with Crippen LogP contribution in [0.25, 0.3) is 0 Å². The van der Waals surface area contributed by atoms with Gasteiger partial charge in [0.1, 0.15) is 5.69 Å². The van der Waals surface area contributed by atoms with Gasteiger partial charge in [0.15, 0.2) is 0 Å². The lowest BCUT2D eigenvalue weighted by molar-refractivity contribution is 0.0930. The van der Waals surface area contributed by atoms with Crippen molar-refractivity contribution < 1.29 is 4.79 Å². The van der Waals surface area contributed by atoms with Crippen molar-refractivity contribution in [3.63, 3.8) is 0 Å². The molecule has 1 aromatic heterocycles. The SMILES string of the molecule is Cc1cccnc1C(=O)NC1CCCCNC1. The molecule has 0 aromatic carbocycles. The van der Waals surface area contributed by atoms with E-state index in [4.69, 9.17) is 0 Å². The van der Waals surface area contributed by atoms with Gasteiger partial charge in [0.05, 0.1) is 0 Å². The molecule has 0 spiro atoms. The summed E-state index contributed by atoms with van der Waals surface area (Å²) in [6.45, 7) is 3.82. The van der Waals surface area contributed by atoms with Gasteiger partial charge in [-0.05, 0) is 37.9 Å². The summed E-state index contributed by atoms with van der Waals surface area (Å²) in [5.74, 6) is -0.0585. The first-order valence-electron chi connectivity index (χ1n) is 6.20. The van der Waals surface area contributed by atoms with Gasteiger partial charge in [-0.25, -0.2) is 0 Å². The second kappa shape index (κ2) is 5.77. The van der Waals surface area contributed by atoms with Crippen LogP contribution in [0.15, 0.2) is 18.3 Å². The summed E-state index contributed by atoms with van der Waals surface area (Å²) in [6, 6.07) is 3.98. The summed E-state index contributed by atoms with van der Waals surface area (Å²) in [5.41, 5.74) is 1.46. The molecule has 1 aliphatic heterocycles. The van der Waals surface area contributed by atoms with Gasteiger partial charge in [0.2, 0.25) is 0 Å². The number of aromatic nitrogens is 1. The van der Waals surface area contributed by atoms with E-state index in [-0.39, 0.29) is 11.9 Å². The number of hydrogen-bond acceptors (Lipinski definition) is 3. The zero-order valence-corrected chi connectivity index (χ0v) is 10.2. The lowest BCUT2D eigenvalue weighted by atomic mass is 10.1. The van der Waals surface area contributed by atoms with Crippen LogP contribution in [0.4, 0.5) is 0 Å². The molecular weight excluding hydrogens is 214 g/mol. The molecule has 1 saturated heterocycles. The number of pyridine rings is 1. The first kappa shape index (κ1) is 12.0. The third-order valence-electron chi connectivity index (χ3n) is 3.11. The molecule has 17 heavy (non-hydrogen) atoms. The molecule has 1 aromatic rings. The smallest absolute Gasteiger partial charge is 0.270 e. The molecule has 1 atom stereocenters. The van der Waals surface area contributed by atoms with E-state index >= 15 is 0 Å². The predicted molar refractivity (Wildman–Crippen MR) is 66.9 cm³/mol. The predicted octanol–water partition coefficient (Wildman–Crippen LogP) is 1.26. The number of hydrogen-bond donors (Lipinski definition) is 2. The Hall–Kier alpha value is -1.42. The Morgan fingerprint density at radius 1 is 1.53 bits per heavy atom. The van der Waals surface area contributed by atoms with Crippen LogP contribution in [0.1, 0.15) is 35.3 Å². The number of aryl methyl sites for hydroxylation is 1. The molecule has 1 aliphatic rings. The number of carbonyl (C=O) groups is 1. The van der Waals surface area contributed by atoms with E-state index < -0.39 is 0 Å². The van der Waals surface area contributed by atoms with Crippen molar-refractivity contribution in [2.45, 2.75) is 32.2 Å². The minimum Gasteiger partial charge on any atom is -0.347 e. The molecule has 2 heterocycles. The quantitative estimate of drug-likeness (QED) is 0.808. The van der Waals surface area contributed by atoms with E-state index in [9.17, 15) is 4.79 Å². The van der Waals surface area contributed by atoms with Crippen LogP contribution in [0.2, 0.25) is 0 Å². The van der Waals surface area contributed by atoms with Crippen LogP contribution < -0.4 is 10.6 Å². The average Bonchev–Trinajstić information content (AvgIpc) is 2.58. The molecule has 4 heteroatoms. The molecule has 2 N–H and O–H groups in total. The number of nitrogens with one attached hydrogen (secondary N) is 2. The van der Waals surface area contributed by atoms with Crippen molar-refractivity contribution >= 4 is 5.91 Å². The van der Waals surface area contributed by atoms with Crippen molar-refractivity contribution in [3.05, 3.63) is 29.6 Å². The molecule has 0 saturated carbocycles. The second-order valence-electron chi connectivity index (χ2n) is 4.54. The largest absolute Gasteiger partial charge is 0.347 e. The lowest BCUT2D eigenvalue weighted by Crippen LogP contribution is -2.41. The Morgan fingerprint density at radius 2 is 2.41 bits per heavy atom. The highest BCUT2D eigenvalue weighted by molar-refractivity contribution is 5.93. The number of carbonyl (C=O) groups excluding carboxylic acids is 1. The van der Waals surface area contributed by atoms with Crippen LogP contribution in [-0.2, 0) is 0 Å². The molecule has 0 aliphatic carbocycles. The molecule has 0 bridgehead atoms. The second-order valence-corrected chi connectivity index (χ2v) is 4.54. The maximum atomic E-state index is 12.0. The van der Waals surface area contributed by atoms with Gasteiger partial charge in [-0.1, -0.05) is 12.5 Å². The minimum absolute atomic E-state index is 0.0585. The normalized spacial score (nSPS) is 20.6. The first-order chi connectivity index (χ1) is 8.27. The number of rotatable bonds is 2. The van der Waals surface area contributed by atoms with Gasteiger partial charge in [0.25, 0.3) is 5.91 Å². The standard InChI is InChI=1S/C13H19N3O/c1-10-5-4-8-15-12(10)13(17)16-11-6-2-3-7-14-9-11/h4-5,8,11,14H,2-3,6-7,9H2,1H3,(H,16,17). The van der Waals surface area contributed by atoms with Crippen LogP contribution in [-0.4, -0.2) is 30.0 Å². The van der Waals surface area contributed by atoms with Crippen molar-refractivity contribution in [1.82, 2.24) is 15.6 Å². The van der Waals surface area contributed by atoms with E-state index in [1.54, 1.807) is 6.20 Å². The Balaban J connectivity index is 1.98. The zero-order chi connectivity index (χ0) is 12.1. The van der Waals surface area contributed by atoms with E-state index in [2.05, 4.69) is 15.6 Å². The van der Waals surface area contributed by atoms with Crippen molar-refractivity contribution in [2.24, 2.45) is 0 Å². The first-order valence-corrected chi connectivity index (χ1v) is 6.20. The molecule has 92 valence electrons. The van der Waals surface area contributed by atoms with Gasteiger partial charge >= 0.3 is 0 Å². The van der Waals surface area contributed by atoms with Crippen molar-refractivity contribution in [2.75, 3.05) is 13.1 Å². The Morgan fingerprint density at radius 3 is 3.24 bits per heavy atom. The van der Waals surface area contributed by atoms with E-state index in [1.807, 2.05) is 19.1 Å². The third kappa shape index (κ3) is 3.27. The number of amides is 1. The molecule has 1 unspecified atom stereocenters. The van der Waals surface area contributed by atoms with Gasteiger partial charge in [-0.15, -0.1) is 0 Å². The summed E-state index contributed by atoms with van der Waals surface area (Å²) < 4.78 is 0. The highest BCUT2D eigenvalue weighted by Crippen LogP contribution is 2.07. The molecule has 4 nitrogen and oxygen atoms in total. The highest BCUT2D eigenvalue weighted by atomic mass is 16.1. The molecular formula is C13H19N3O. The van der Waals surface area contributed by atoms with Crippen LogP contribution in [0.3, 0.4) is 0 Å². The van der Waals surface area contributed by atoms with Gasteiger partial charge in [0, 0.05) is 18.8 Å². The summed E-state index contributed by atoms with van der Waals surface area (Å²) >= 11 is 0. The summed E-state index contributed by atoms with van der Waals surface area (Å²) in [6.07, 6.45) is 5.06. The maximum Gasteiger partial charge on any atom is 0.270 e. The monoisotopic (exact) mass is 233 g/mol. The average molecular weight is 233 g/mol. The van der Waals surface area contributed by atoms with E-state index in [0.717, 1.165) is 25.1 Å². The number of nitrogens with zero attached hydrogens (tertiary/aromatic N) is 1. The van der Waals surface area contributed by atoms with Crippen LogP contribution in [0, 0.1) is 6.92 Å². The fourth-order valence-electron chi connectivity index (χ4n) is 2.12. The van der Waals surface area contributed by atoms with Crippen molar-refractivity contribution in [1.29, 1.82) is 0 Å². The molecule has 1 fully saturated rings.